The summed E-state index contributed by atoms with van der Waals surface area (Å²) in [6, 6.07) is 4.17. The molecule has 2 heterocycles. The third kappa shape index (κ3) is 4.01. The molecule has 8 heteroatoms. The van der Waals surface area contributed by atoms with Crippen molar-refractivity contribution in [3.05, 3.63) is 23.5 Å². The van der Waals surface area contributed by atoms with Crippen LogP contribution >= 0.6 is 0 Å². The van der Waals surface area contributed by atoms with Crippen LogP contribution < -0.4 is 5.73 Å². The van der Waals surface area contributed by atoms with Gasteiger partial charge >= 0.3 is 0 Å². The number of nitrogen functional groups attached to an aromatic ring is 1. The van der Waals surface area contributed by atoms with Gasteiger partial charge in [0.15, 0.2) is 5.82 Å². The lowest BCUT2D eigenvalue weighted by Crippen LogP contribution is -2.56. The van der Waals surface area contributed by atoms with Crippen molar-refractivity contribution in [2.45, 2.75) is 64.0 Å². The van der Waals surface area contributed by atoms with Crippen molar-refractivity contribution in [2.24, 2.45) is 7.05 Å². The monoisotopic (exact) mass is 427 g/mol. The van der Waals surface area contributed by atoms with E-state index in [2.05, 4.69) is 24.9 Å². The van der Waals surface area contributed by atoms with Crippen LogP contribution in [-0.4, -0.2) is 68.1 Å². The zero-order chi connectivity index (χ0) is 22.3. The highest BCUT2D eigenvalue weighted by Gasteiger charge is 2.35. The van der Waals surface area contributed by atoms with Gasteiger partial charge in [-0.1, -0.05) is 13.8 Å². The van der Waals surface area contributed by atoms with Gasteiger partial charge in [0.25, 0.3) is 5.91 Å². The van der Waals surface area contributed by atoms with Gasteiger partial charge in [-0.3, -0.25) is 9.59 Å². The number of aliphatic hydroxyl groups is 1. The Morgan fingerprint density at radius 1 is 1.26 bits per heavy atom. The molecule has 8 nitrogen and oxygen atoms in total. The fraction of sp³-hybridized carbons (Fsp3) is 0.609. The average molecular weight is 428 g/mol. The third-order valence-corrected chi connectivity index (χ3v) is 7.06. The fourth-order valence-electron chi connectivity index (χ4n) is 4.80. The van der Waals surface area contributed by atoms with Gasteiger partial charge in [0.2, 0.25) is 5.91 Å². The molecule has 1 saturated heterocycles. The molecular formula is C23H33N5O3. The summed E-state index contributed by atoms with van der Waals surface area (Å²) in [5.74, 6) is 0.408. The van der Waals surface area contributed by atoms with Crippen LogP contribution in [0.3, 0.4) is 0 Å². The highest BCUT2D eigenvalue weighted by atomic mass is 16.3. The quantitative estimate of drug-likeness (QED) is 0.728. The number of imidazole rings is 1. The molecule has 2 aromatic rings. The molecule has 1 atom stereocenters. The minimum atomic E-state index is -0.250. The van der Waals surface area contributed by atoms with Crippen LogP contribution in [0.2, 0.25) is 0 Å². The van der Waals surface area contributed by atoms with Gasteiger partial charge in [-0.05, 0) is 55.7 Å². The van der Waals surface area contributed by atoms with Crippen LogP contribution in [0.4, 0.5) is 5.69 Å². The molecule has 168 valence electrons. The van der Waals surface area contributed by atoms with E-state index in [-0.39, 0.29) is 30.5 Å². The fourth-order valence-corrected chi connectivity index (χ4v) is 4.80. The normalized spacial score (nSPS) is 23.4. The van der Waals surface area contributed by atoms with Gasteiger partial charge in [0.05, 0.1) is 17.3 Å². The summed E-state index contributed by atoms with van der Waals surface area (Å²) in [4.78, 5) is 34.1. The summed E-state index contributed by atoms with van der Waals surface area (Å²) in [6.45, 7) is 5.36. The minimum Gasteiger partial charge on any atom is -0.397 e. The molecular weight excluding hydrogens is 394 g/mol. The first kappa shape index (κ1) is 21.6. The lowest BCUT2D eigenvalue weighted by atomic mass is 9.91. The molecule has 1 unspecified atom stereocenters. The average Bonchev–Trinajstić information content (AvgIpc) is 3.10. The Hall–Kier alpha value is -2.61. The number of piperazine rings is 1. The largest absolute Gasteiger partial charge is 0.397 e. The smallest absolute Gasteiger partial charge is 0.290 e. The maximum atomic E-state index is 13.2. The van der Waals surface area contributed by atoms with E-state index >= 15 is 0 Å². The van der Waals surface area contributed by atoms with Crippen LogP contribution in [0.5, 0.6) is 0 Å². The number of amides is 2. The van der Waals surface area contributed by atoms with E-state index in [1.54, 1.807) is 9.47 Å². The number of aryl methyl sites for hydroxylation is 1. The molecule has 1 aromatic heterocycles. The molecule has 0 spiro atoms. The van der Waals surface area contributed by atoms with Crippen LogP contribution in [0.25, 0.3) is 11.0 Å². The predicted octanol–water partition coefficient (Wildman–Crippen LogP) is 2.26. The summed E-state index contributed by atoms with van der Waals surface area (Å²) in [7, 11) is 1.83. The van der Waals surface area contributed by atoms with Gasteiger partial charge in [-0.2, -0.15) is 0 Å². The molecule has 4 rings (SSSR count). The standard InChI is InChI=1S/C23H33N5O3/c1-4-14(2)15-11-18(24)21-19(12-15)26(3)22(25-21)23(31)27-9-10-28(20(30)13-27)16-5-7-17(29)8-6-16/h11-12,14,16-17,29H,4-10,13,24H2,1-3H3. The van der Waals surface area contributed by atoms with E-state index in [4.69, 9.17) is 5.73 Å². The van der Waals surface area contributed by atoms with Crippen molar-refractivity contribution in [1.82, 2.24) is 19.4 Å². The zero-order valence-corrected chi connectivity index (χ0v) is 18.7. The first-order chi connectivity index (χ1) is 14.8. The number of nitrogens with two attached hydrogens (primary N) is 1. The zero-order valence-electron chi connectivity index (χ0n) is 18.7. The molecule has 2 amide bonds. The maximum Gasteiger partial charge on any atom is 0.290 e. The van der Waals surface area contributed by atoms with Crippen molar-refractivity contribution in [1.29, 1.82) is 0 Å². The molecule has 1 aliphatic heterocycles. The molecule has 1 saturated carbocycles. The van der Waals surface area contributed by atoms with Crippen molar-refractivity contribution >= 4 is 28.5 Å². The van der Waals surface area contributed by atoms with Crippen LogP contribution in [-0.2, 0) is 11.8 Å². The number of fused-ring (bicyclic) bond motifs is 1. The number of rotatable bonds is 4. The highest BCUT2D eigenvalue weighted by molar-refractivity contribution is 5.99. The Kier molecular flexibility index (Phi) is 5.92. The molecule has 0 radical (unpaired) electrons. The van der Waals surface area contributed by atoms with E-state index in [1.807, 2.05) is 18.0 Å². The lowest BCUT2D eigenvalue weighted by Gasteiger charge is -2.41. The SMILES string of the molecule is CCC(C)c1cc(N)c2nc(C(=O)N3CCN(C4CCC(O)CC4)C(=O)C3)n(C)c2c1. The number of nitrogens with zero attached hydrogens (tertiary/aromatic N) is 4. The summed E-state index contributed by atoms with van der Waals surface area (Å²) in [6.07, 6.45) is 3.86. The first-order valence-electron chi connectivity index (χ1n) is 11.3. The number of anilines is 1. The summed E-state index contributed by atoms with van der Waals surface area (Å²) < 4.78 is 1.79. The first-order valence-corrected chi connectivity index (χ1v) is 11.3. The summed E-state index contributed by atoms with van der Waals surface area (Å²) in [5.41, 5.74) is 9.44. The van der Waals surface area contributed by atoms with Gasteiger partial charge < -0.3 is 25.2 Å². The second-order valence-corrected chi connectivity index (χ2v) is 9.06. The molecule has 2 fully saturated rings. The molecule has 1 aliphatic carbocycles. The van der Waals surface area contributed by atoms with E-state index in [1.165, 1.54) is 0 Å². The van der Waals surface area contributed by atoms with E-state index in [0.717, 1.165) is 43.2 Å². The Bertz CT molecular complexity index is 993. The minimum absolute atomic E-state index is 0.0293. The van der Waals surface area contributed by atoms with Gasteiger partial charge in [0.1, 0.15) is 12.1 Å². The highest BCUT2D eigenvalue weighted by Crippen LogP contribution is 2.29. The van der Waals surface area contributed by atoms with E-state index in [0.29, 0.717) is 36.0 Å². The number of hydrogen-bond donors (Lipinski definition) is 2. The van der Waals surface area contributed by atoms with Crippen LogP contribution in [0.1, 0.15) is 68.1 Å². The maximum absolute atomic E-state index is 13.2. The summed E-state index contributed by atoms with van der Waals surface area (Å²) >= 11 is 0. The van der Waals surface area contributed by atoms with E-state index < -0.39 is 0 Å². The van der Waals surface area contributed by atoms with Gasteiger partial charge in [-0.15, -0.1) is 0 Å². The Morgan fingerprint density at radius 2 is 1.97 bits per heavy atom. The number of aliphatic hydroxyl groups excluding tert-OH is 1. The van der Waals surface area contributed by atoms with Crippen molar-refractivity contribution in [3.63, 3.8) is 0 Å². The number of carbonyl (C=O) groups is 2. The molecule has 31 heavy (non-hydrogen) atoms. The van der Waals surface area contributed by atoms with Crippen LogP contribution in [0, 0.1) is 0 Å². The van der Waals surface area contributed by atoms with E-state index in [9.17, 15) is 14.7 Å². The molecule has 2 aliphatic rings. The number of hydrogen-bond acceptors (Lipinski definition) is 5. The molecule has 0 bridgehead atoms. The Balaban J connectivity index is 1.53. The second-order valence-electron chi connectivity index (χ2n) is 9.06. The Labute approximate surface area is 183 Å². The molecule has 1 aromatic carbocycles. The van der Waals surface area contributed by atoms with Crippen molar-refractivity contribution in [3.8, 4) is 0 Å². The lowest BCUT2D eigenvalue weighted by molar-refractivity contribution is -0.138. The number of aromatic nitrogens is 2. The van der Waals surface area contributed by atoms with Crippen molar-refractivity contribution < 1.29 is 14.7 Å². The molecule has 3 N–H and O–H groups in total. The topological polar surface area (TPSA) is 105 Å². The van der Waals surface area contributed by atoms with Gasteiger partial charge in [0, 0.05) is 26.2 Å². The van der Waals surface area contributed by atoms with Crippen LogP contribution in [0.15, 0.2) is 12.1 Å². The third-order valence-electron chi connectivity index (χ3n) is 7.06. The number of benzene rings is 1. The Morgan fingerprint density at radius 3 is 2.61 bits per heavy atom. The summed E-state index contributed by atoms with van der Waals surface area (Å²) in [5, 5.41) is 9.72. The number of carbonyl (C=O) groups excluding carboxylic acids is 2. The van der Waals surface area contributed by atoms with Crippen molar-refractivity contribution in [2.75, 3.05) is 25.4 Å². The second kappa shape index (κ2) is 8.49. The van der Waals surface area contributed by atoms with Gasteiger partial charge in [-0.25, -0.2) is 4.98 Å². The predicted molar refractivity (Wildman–Crippen MR) is 120 cm³/mol.